The first kappa shape index (κ1) is 20.1. The zero-order valence-corrected chi connectivity index (χ0v) is 17.2. The lowest BCUT2D eigenvalue weighted by Gasteiger charge is -2.18. The smallest absolute Gasteiger partial charge is 0.230 e. The Bertz CT molecular complexity index is 1290. The average Bonchev–Trinajstić information content (AvgIpc) is 3.16. The number of carbonyl (C=O) groups excluding carboxylic acids is 1. The first-order chi connectivity index (χ1) is 14.4. The number of nitrogens with zero attached hydrogens (tertiary/aromatic N) is 3. The molecule has 0 saturated heterocycles. The molecule has 0 radical (unpaired) electrons. The van der Waals surface area contributed by atoms with Crippen molar-refractivity contribution in [3.63, 3.8) is 0 Å². The lowest BCUT2D eigenvalue weighted by molar-refractivity contribution is -0.115. The molecule has 0 bridgehead atoms. The Morgan fingerprint density at radius 2 is 1.80 bits per heavy atom. The maximum absolute atomic E-state index is 14.2. The monoisotopic (exact) mass is 441 g/mol. The molecule has 0 aliphatic rings. The molecule has 4 aromatic rings. The molecule has 0 fully saturated rings. The van der Waals surface area contributed by atoms with Crippen LogP contribution in [0.15, 0.2) is 53.9 Å². The molecule has 150 valence electrons. The molecule has 0 aliphatic carbocycles. The fourth-order valence-electron chi connectivity index (χ4n) is 2.90. The van der Waals surface area contributed by atoms with Crippen LogP contribution in [0.25, 0.3) is 23.1 Å². The van der Waals surface area contributed by atoms with Gasteiger partial charge in [-0.25, -0.2) is 18.7 Å². The number of anilines is 2. The van der Waals surface area contributed by atoms with E-state index in [4.69, 9.17) is 11.6 Å². The molecule has 2 aromatic heterocycles. The van der Waals surface area contributed by atoms with Crippen LogP contribution in [-0.2, 0) is 4.79 Å². The second kappa shape index (κ2) is 8.30. The van der Waals surface area contributed by atoms with Crippen LogP contribution in [0.5, 0.6) is 0 Å². The fourth-order valence-corrected chi connectivity index (χ4v) is 3.91. The van der Waals surface area contributed by atoms with Gasteiger partial charge in [0.05, 0.1) is 22.6 Å². The number of pyridine rings is 1. The summed E-state index contributed by atoms with van der Waals surface area (Å²) in [6.45, 7) is 1.30. The quantitative estimate of drug-likeness (QED) is 0.364. The van der Waals surface area contributed by atoms with E-state index in [2.05, 4.69) is 9.97 Å². The van der Waals surface area contributed by atoms with Crippen LogP contribution < -0.4 is 4.90 Å². The van der Waals surface area contributed by atoms with Gasteiger partial charge in [0, 0.05) is 28.8 Å². The molecule has 0 aliphatic heterocycles. The molecule has 0 N–H and O–H groups in total. The number of halogens is 3. The van der Waals surface area contributed by atoms with Gasteiger partial charge in [-0.15, -0.1) is 11.3 Å². The summed E-state index contributed by atoms with van der Waals surface area (Å²) in [6, 6.07) is 12.4. The lowest BCUT2D eigenvalue weighted by atomic mass is 10.2. The Kier molecular flexibility index (Phi) is 5.57. The molecule has 0 saturated carbocycles. The zero-order valence-electron chi connectivity index (χ0n) is 15.6. The van der Waals surface area contributed by atoms with Crippen molar-refractivity contribution in [1.82, 2.24) is 9.97 Å². The number of thiazole rings is 1. The summed E-state index contributed by atoms with van der Waals surface area (Å²) in [4.78, 5) is 22.2. The van der Waals surface area contributed by atoms with Crippen molar-refractivity contribution in [2.45, 2.75) is 6.92 Å². The van der Waals surface area contributed by atoms with E-state index in [1.807, 2.05) is 24.3 Å². The molecule has 1 amide bonds. The summed E-state index contributed by atoms with van der Waals surface area (Å²) in [6.07, 6.45) is 3.54. The first-order valence-corrected chi connectivity index (χ1v) is 10.1. The fraction of sp³-hybridized carbons (Fsp3) is 0.0455. The van der Waals surface area contributed by atoms with Crippen molar-refractivity contribution in [2.24, 2.45) is 0 Å². The Labute approximate surface area is 180 Å². The van der Waals surface area contributed by atoms with Gasteiger partial charge in [0.1, 0.15) is 11.6 Å². The van der Waals surface area contributed by atoms with E-state index in [-0.39, 0.29) is 10.8 Å². The summed E-state index contributed by atoms with van der Waals surface area (Å²) >= 11 is 7.20. The highest BCUT2D eigenvalue weighted by Crippen LogP contribution is 2.31. The van der Waals surface area contributed by atoms with E-state index in [0.29, 0.717) is 16.4 Å². The van der Waals surface area contributed by atoms with Gasteiger partial charge in [0.25, 0.3) is 0 Å². The summed E-state index contributed by atoms with van der Waals surface area (Å²) in [5.41, 5.74) is 2.02. The van der Waals surface area contributed by atoms with Crippen LogP contribution in [0, 0.1) is 11.6 Å². The predicted molar refractivity (Wildman–Crippen MR) is 117 cm³/mol. The van der Waals surface area contributed by atoms with E-state index in [1.54, 1.807) is 23.6 Å². The molecular formula is C22H14ClF2N3OS. The van der Waals surface area contributed by atoms with Crippen LogP contribution in [0.1, 0.15) is 18.3 Å². The summed E-state index contributed by atoms with van der Waals surface area (Å²) in [7, 11) is 0. The largest absolute Gasteiger partial charge is 0.274 e. The first-order valence-electron chi connectivity index (χ1n) is 8.86. The molecule has 0 unspecified atom stereocenters. The van der Waals surface area contributed by atoms with Gasteiger partial charge in [0.15, 0.2) is 5.13 Å². The highest BCUT2D eigenvalue weighted by atomic mass is 35.5. The standard InChI is InChI=1S/C22H14ClF2N3OS/c1-13(29)28(21-9-5-16(24)11-19(21)25)22-27-18(12-30-22)8-7-17-6-3-14-2-4-15(23)10-20(14)26-17/h2-12H,1H3/b8-7+. The van der Waals surface area contributed by atoms with Gasteiger partial charge in [0.2, 0.25) is 5.91 Å². The number of hydrogen-bond donors (Lipinski definition) is 0. The third kappa shape index (κ3) is 4.22. The Morgan fingerprint density at radius 3 is 2.57 bits per heavy atom. The third-order valence-corrected chi connectivity index (χ3v) is 5.35. The maximum Gasteiger partial charge on any atom is 0.230 e. The molecule has 4 nitrogen and oxygen atoms in total. The van der Waals surface area contributed by atoms with Gasteiger partial charge >= 0.3 is 0 Å². The topological polar surface area (TPSA) is 46.1 Å². The van der Waals surface area contributed by atoms with Crippen LogP contribution in [-0.4, -0.2) is 15.9 Å². The molecule has 0 atom stereocenters. The molecule has 4 rings (SSSR count). The molecule has 8 heteroatoms. The highest BCUT2D eigenvalue weighted by molar-refractivity contribution is 7.14. The molecule has 0 spiro atoms. The van der Waals surface area contributed by atoms with Crippen LogP contribution in [0.4, 0.5) is 19.6 Å². The van der Waals surface area contributed by atoms with Gasteiger partial charge in [-0.3, -0.25) is 9.69 Å². The number of benzene rings is 2. The molecule has 30 heavy (non-hydrogen) atoms. The summed E-state index contributed by atoms with van der Waals surface area (Å²) < 4.78 is 27.4. The van der Waals surface area contributed by atoms with E-state index >= 15 is 0 Å². The van der Waals surface area contributed by atoms with Gasteiger partial charge in [-0.1, -0.05) is 23.7 Å². The number of amides is 1. The molecule has 2 heterocycles. The Hall–Kier alpha value is -3.16. The van der Waals surface area contributed by atoms with Gasteiger partial charge in [-0.05, 0) is 42.5 Å². The number of rotatable bonds is 4. The normalized spacial score (nSPS) is 11.3. The Morgan fingerprint density at radius 1 is 1.03 bits per heavy atom. The van der Waals surface area contributed by atoms with Crippen molar-refractivity contribution >= 4 is 62.7 Å². The maximum atomic E-state index is 14.2. The second-order valence-electron chi connectivity index (χ2n) is 6.41. The average molecular weight is 442 g/mol. The number of carbonyl (C=O) groups is 1. The number of fused-ring (bicyclic) bond motifs is 1. The molecule has 2 aromatic carbocycles. The third-order valence-electron chi connectivity index (χ3n) is 4.27. The minimum Gasteiger partial charge on any atom is -0.274 e. The van der Waals surface area contributed by atoms with Crippen molar-refractivity contribution < 1.29 is 13.6 Å². The number of hydrogen-bond acceptors (Lipinski definition) is 4. The van der Waals surface area contributed by atoms with E-state index in [0.717, 1.165) is 27.9 Å². The number of aromatic nitrogens is 2. The highest BCUT2D eigenvalue weighted by Gasteiger charge is 2.21. The van der Waals surface area contributed by atoms with Crippen LogP contribution in [0.2, 0.25) is 5.02 Å². The predicted octanol–water partition coefficient (Wildman–Crippen LogP) is 6.48. The summed E-state index contributed by atoms with van der Waals surface area (Å²) in [5.74, 6) is -1.98. The van der Waals surface area contributed by atoms with Crippen molar-refractivity contribution in [2.75, 3.05) is 4.90 Å². The second-order valence-corrected chi connectivity index (χ2v) is 7.68. The van der Waals surface area contributed by atoms with E-state index < -0.39 is 17.5 Å². The Balaban J connectivity index is 1.62. The zero-order chi connectivity index (χ0) is 21.3. The SMILES string of the molecule is CC(=O)N(c1nc(/C=C/c2ccc3ccc(Cl)cc3n2)cs1)c1ccc(F)cc1F. The van der Waals surface area contributed by atoms with Crippen molar-refractivity contribution in [3.05, 3.63) is 82.0 Å². The van der Waals surface area contributed by atoms with E-state index in [1.165, 1.54) is 24.3 Å². The van der Waals surface area contributed by atoms with Crippen molar-refractivity contribution in [3.8, 4) is 0 Å². The van der Waals surface area contributed by atoms with Gasteiger partial charge in [-0.2, -0.15) is 0 Å². The van der Waals surface area contributed by atoms with Crippen molar-refractivity contribution in [1.29, 1.82) is 0 Å². The van der Waals surface area contributed by atoms with Crippen LogP contribution in [0.3, 0.4) is 0 Å². The summed E-state index contributed by atoms with van der Waals surface area (Å²) in [5, 5.41) is 3.61. The minimum absolute atomic E-state index is 0.0538. The lowest BCUT2D eigenvalue weighted by Crippen LogP contribution is -2.23. The van der Waals surface area contributed by atoms with Crippen LogP contribution >= 0.6 is 22.9 Å². The van der Waals surface area contributed by atoms with E-state index in [9.17, 15) is 13.6 Å². The minimum atomic E-state index is -0.837. The molecular weight excluding hydrogens is 428 g/mol. The van der Waals surface area contributed by atoms with Gasteiger partial charge < -0.3 is 0 Å².